The Hall–Kier alpha value is -0.260. The van der Waals surface area contributed by atoms with E-state index < -0.39 is 0 Å². The maximum Gasteiger partial charge on any atom is 0.248 e. The first-order chi connectivity index (χ1) is 8.69. The van der Waals surface area contributed by atoms with Crippen LogP contribution in [0.3, 0.4) is 0 Å². The Balaban J connectivity index is 2.29. The van der Waals surface area contributed by atoms with Gasteiger partial charge in [-0.25, -0.2) is 0 Å². The van der Waals surface area contributed by atoms with Gasteiger partial charge in [-0.15, -0.1) is 0 Å². The summed E-state index contributed by atoms with van der Waals surface area (Å²) in [5, 5.41) is 3.29. The molecule has 1 saturated heterocycles. The number of hydrogen-bond donors (Lipinski definition) is 1. The Labute approximate surface area is 115 Å². The zero-order chi connectivity index (χ0) is 13.4. The molecule has 0 aliphatic carbocycles. The molecule has 4 nitrogen and oxygen atoms in total. The number of ether oxygens (including phenoxy) is 1. The van der Waals surface area contributed by atoms with E-state index >= 15 is 0 Å². The molecule has 1 rings (SSSR count). The van der Waals surface area contributed by atoms with Crippen LogP contribution in [-0.4, -0.2) is 61.7 Å². The van der Waals surface area contributed by atoms with E-state index in [1.165, 1.54) is 0 Å². The molecule has 5 heteroatoms. The van der Waals surface area contributed by atoms with Crippen molar-refractivity contribution in [2.24, 2.45) is 0 Å². The lowest BCUT2D eigenvalue weighted by atomic mass is 10.1. The molecule has 106 valence electrons. The Morgan fingerprint density at radius 1 is 1.50 bits per heavy atom. The highest BCUT2D eigenvalue weighted by atomic mass is 32.2. The second-order valence-corrected chi connectivity index (χ2v) is 5.69. The number of carbonyl (C=O) groups is 1. The molecule has 0 spiro atoms. The first-order valence-corrected chi connectivity index (χ1v) is 8.15. The maximum absolute atomic E-state index is 12.0. The number of hydrogen-bond acceptors (Lipinski definition) is 4. The highest BCUT2D eigenvalue weighted by molar-refractivity contribution is 7.98. The molecule has 1 fully saturated rings. The molecule has 1 N–H and O–H groups in total. The highest BCUT2D eigenvalue weighted by Gasteiger charge is 2.20. The molecule has 0 radical (unpaired) electrons. The molecular formula is C13H26N2O2S. The van der Waals surface area contributed by atoms with Gasteiger partial charge < -0.3 is 15.0 Å². The third kappa shape index (κ3) is 5.16. The molecule has 1 aliphatic rings. The quantitative estimate of drug-likeness (QED) is 0.761. The second kappa shape index (κ2) is 8.77. The smallest absolute Gasteiger partial charge is 0.248 e. The van der Waals surface area contributed by atoms with Crippen molar-refractivity contribution >= 4 is 17.7 Å². The lowest BCUT2D eigenvalue weighted by Crippen LogP contribution is -2.42. The van der Waals surface area contributed by atoms with Crippen LogP contribution in [0, 0.1) is 0 Å². The number of piperidine rings is 1. The minimum absolute atomic E-state index is 0.106. The van der Waals surface area contributed by atoms with Gasteiger partial charge in [0.05, 0.1) is 6.10 Å². The van der Waals surface area contributed by atoms with Gasteiger partial charge in [0.1, 0.15) is 6.61 Å². The van der Waals surface area contributed by atoms with Gasteiger partial charge in [0.25, 0.3) is 0 Å². The van der Waals surface area contributed by atoms with Gasteiger partial charge >= 0.3 is 0 Å². The second-order valence-electron chi connectivity index (χ2n) is 4.78. The summed E-state index contributed by atoms with van der Waals surface area (Å²) in [4.78, 5) is 13.9. The van der Waals surface area contributed by atoms with Crippen LogP contribution in [0.5, 0.6) is 0 Å². The van der Waals surface area contributed by atoms with Crippen LogP contribution < -0.4 is 5.32 Å². The molecule has 1 amide bonds. The van der Waals surface area contributed by atoms with Crippen molar-refractivity contribution in [1.82, 2.24) is 10.2 Å². The van der Waals surface area contributed by atoms with Gasteiger partial charge in [-0.05, 0) is 38.6 Å². The summed E-state index contributed by atoms with van der Waals surface area (Å²) in [6.07, 6.45) is 5.35. The van der Waals surface area contributed by atoms with E-state index in [0.717, 1.165) is 38.1 Å². The molecular weight excluding hydrogens is 248 g/mol. The predicted molar refractivity (Wildman–Crippen MR) is 77.1 cm³/mol. The molecule has 18 heavy (non-hydrogen) atoms. The number of nitrogens with one attached hydrogen (secondary N) is 1. The van der Waals surface area contributed by atoms with Crippen molar-refractivity contribution < 1.29 is 9.53 Å². The minimum atomic E-state index is 0.106. The summed E-state index contributed by atoms with van der Waals surface area (Å²) in [6.45, 7) is 4.35. The lowest BCUT2D eigenvalue weighted by molar-refractivity contribution is -0.139. The Morgan fingerprint density at radius 2 is 2.17 bits per heavy atom. The third-order valence-corrected chi connectivity index (χ3v) is 4.22. The number of nitrogens with zero attached hydrogens (tertiary/aromatic N) is 1. The number of likely N-dealkylation sites (N-methyl/N-ethyl adjacent to an activating group) is 1. The first kappa shape index (κ1) is 15.8. The van der Waals surface area contributed by atoms with Gasteiger partial charge in [-0.3, -0.25) is 4.79 Å². The van der Waals surface area contributed by atoms with Crippen molar-refractivity contribution in [1.29, 1.82) is 0 Å². The van der Waals surface area contributed by atoms with Gasteiger partial charge in [-0.1, -0.05) is 6.92 Å². The average Bonchev–Trinajstić information content (AvgIpc) is 2.42. The first-order valence-electron chi connectivity index (χ1n) is 6.76. The van der Waals surface area contributed by atoms with Crippen molar-refractivity contribution in [3.8, 4) is 0 Å². The number of carbonyl (C=O) groups excluding carboxylic acids is 1. The Morgan fingerprint density at radius 3 is 2.72 bits per heavy atom. The molecule has 1 atom stereocenters. The van der Waals surface area contributed by atoms with E-state index in [9.17, 15) is 4.79 Å². The fourth-order valence-electron chi connectivity index (χ4n) is 2.15. The fraction of sp³-hybridized carbons (Fsp3) is 0.923. The highest BCUT2D eigenvalue weighted by Crippen LogP contribution is 2.11. The van der Waals surface area contributed by atoms with Crippen molar-refractivity contribution in [3.63, 3.8) is 0 Å². The zero-order valence-corrected chi connectivity index (χ0v) is 12.6. The summed E-state index contributed by atoms with van der Waals surface area (Å²) in [5.41, 5.74) is 0. The van der Waals surface area contributed by atoms with E-state index in [2.05, 4.69) is 18.5 Å². The van der Waals surface area contributed by atoms with Crippen LogP contribution in [0.15, 0.2) is 0 Å². The van der Waals surface area contributed by atoms with Crippen LogP contribution in [-0.2, 0) is 9.53 Å². The number of rotatable bonds is 7. The van der Waals surface area contributed by atoms with Crippen LogP contribution in [0.4, 0.5) is 0 Å². The van der Waals surface area contributed by atoms with Crippen LogP contribution >= 0.6 is 11.8 Å². The SMILES string of the molecule is CCC(CSC)N(C)C(=O)COC1CCNCC1. The molecule has 0 aromatic carbocycles. The van der Waals surface area contributed by atoms with E-state index in [4.69, 9.17) is 4.74 Å². The summed E-state index contributed by atoms with van der Waals surface area (Å²) in [5.74, 6) is 1.10. The largest absolute Gasteiger partial charge is 0.368 e. The molecule has 1 aliphatic heterocycles. The minimum Gasteiger partial charge on any atom is -0.368 e. The number of thioether (sulfide) groups is 1. The van der Waals surface area contributed by atoms with Crippen molar-refractivity contribution in [2.45, 2.75) is 38.3 Å². The van der Waals surface area contributed by atoms with Crippen molar-refractivity contribution in [2.75, 3.05) is 38.8 Å². The predicted octanol–water partition coefficient (Wildman–Crippen LogP) is 1.35. The summed E-state index contributed by atoms with van der Waals surface area (Å²) in [6, 6.07) is 0.323. The Kier molecular flexibility index (Phi) is 7.70. The summed E-state index contributed by atoms with van der Waals surface area (Å²) >= 11 is 1.78. The third-order valence-electron chi connectivity index (χ3n) is 3.50. The van der Waals surface area contributed by atoms with E-state index in [-0.39, 0.29) is 18.6 Å². The van der Waals surface area contributed by atoms with Crippen LogP contribution in [0.2, 0.25) is 0 Å². The zero-order valence-electron chi connectivity index (χ0n) is 11.8. The number of amides is 1. The molecule has 1 unspecified atom stereocenters. The van der Waals surface area contributed by atoms with Gasteiger partial charge in [0.2, 0.25) is 5.91 Å². The topological polar surface area (TPSA) is 41.6 Å². The summed E-state index contributed by atoms with van der Waals surface area (Å²) < 4.78 is 5.70. The van der Waals surface area contributed by atoms with E-state index in [0.29, 0.717) is 6.04 Å². The van der Waals surface area contributed by atoms with Crippen molar-refractivity contribution in [3.05, 3.63) is 0 Å². The molecule has 0 aromatic heterocycles. The molecule has 0 saturated carbocycles. The van der Waals surface area contributed by atoms with E-state index in [1.807, 2.05) is 11.9 Å². The van der Waals surface area contributed by atoms with Gasteiger partial charge in [0.15, 0.2) is 0 Å². The molecule has 1 heterocycles. The average molecular weight is 274 g/mol. The fourth-order valence-corrected chi connectivity index (χ4v) is 3.00. The van der Waals surface area contributed by atoms with E-state index in [1.54, 1.807) is 11.8 Å². The van der Waals surface area contributed by atoms with Gasteiger partial charge in [0, 0.05) is 18.8 Å². The standard InChI is InChI=1S/C13H26N2O2S/c1-4-11(10-18-3)15(2)13(16)9-17-12-5-7-14-8-6-12/h11-12,14H,4-10H2,1-3H3. The van der Waals surface area contributed by atoms with Crippen LogP contribution in [0.1, 0.15) is 26.2 Å². The normalized spacial score (nSPS) is 18.6. The monoisotopic (exact) mass is 274 g/mol. The maximum atomic E-state index is 12.0. The van der Waals surface area contributed by atoms with Crippen LogP contribution in [0.25, 0.3) is 0 Å². The molecule has 0 bridgehead atoms. The molecule has 0 aromatic rings. The van der Waals surface area contributed by atoms with Gasteiger partial charge in [-0.2, -0.15) is 11.8 Å². The lowest BCUT2D eigenvalue weighted by Gasteiger charge is -2.28. The summed E-state index contributed by atoms with van der Waals surface area (Å²) in [7, 11) is 1.89. The Bertz CT molecular complexity index is 245.